The summed E-state index contributed by atoms with van der Waals surface area (Å²) in [7, 11) is -2.96. The van der Waals surface area contributed by atoms with Crippen LogP contribution in [0.15, 0.2) is 0 Å². The number of sulfone groups is 1. The smallest absolute Gasteiger partial charge is 0.249 e. The normalized spacial score (nSPS) is 31.1. The van der Waals surface area contributed by atoms with Gasteiger partial charge in [0.25, 0.3) is 0 Å². The van der Waals surface area contributed by atoms with Gasteiger partial charge in [-0.05, 0) is 13.8 Å². The van der Waals surface area contributed by atoms with Crippen LogP contribution < -0.4 is 5.32 Å². The molecule has 3 aliphatic heterocycles. The summed E-state index contributed by atoms with van der Waals surface area (Å²) >= 11 is 1.72. The van der Waals surface area contributed by atoms with Crippen molar-refractivity contribution >= 4 is 27.1 Å². The maximum Gasteiger partial charge on any atom is 0.249 e. The number of nitrogens with one attached hydrogen (secondary N) is 1. The van der Waals surface area contributed by atoms with Gasteiger partial charge in [0, 0.05) is 30.9 Å². The standard InChI is InChI=1S/C17H25N3O5S2/c1-11-15(26-12(2)18-11)6-20-3-4-25-17(9-20)5-14(24-10-17)16(21)19-13-7-27(22,23)8-13/h13-14H,3-10H2,1-2H3,(H,19,21)/t14-,17+/m0/s1. The van der Waals surface area contributed by atoms with Gasteiger partial charge < -0.3 is 14.8 Å². The van der Waals surface area contributed by atoms with Crippen LogP contribution in [-0.2, 0) is 30.7 Å². The molecule has 8 nitrogen and oxygen atoms in total. The molecule has 0 aromatic carbocycles. The van der Waals surface area contributed by atoms with Crippen molar-refractivity contribution in [2.75, 3.05) is 37.8 Å². The molecule has 1 aromatic heterocycles. The van der Waals surface area contributed by atoms with Crippen LogP contribution in [0.4, 0.5) is 0 Å². The van der Waals surface area contributed by atoms with E-state index in [1.807, 2.05) is 13.8 Å². The van der Waals surface area contributed by atoms with Crippen LogP contribution in [0.5, 0.6) is 0 Å². The monoisotopic (exact) mass is 415 g/mol. The zero-order valence-corrected chi connectivity index (χ0v) is 17.2. The Morgan fingerprint density at radius 2 is 2.19 bits per heavy atom. The average molecular weight is 416 g/mol. The summed E-state index contributed by atoms with van der Waals surface area (Å²) in [5.41, 5.74) is 0.605. The molecule has 2 atom stereocenters. The van der Waals surface area contributed by atoms with Crippen LogP contribution in [0.1, 0.15) is 22.0 Å². The van der Waals surface area contributed by atoms with E-state index in [0.29, 0.717) is 26.2 Å². The molecular formula is C17H25N3O5S2. The summed E-state index contributed by atoms with van der Waals surface area (Å²) in [6.45, 7) is 7.43. The second-order valence-corrected chi connectivity index (χ2v) is 11.2. The van der Waals surface area contributed by atoms with E-state index in [0.717, 1.165) is 23.8 Å². The minimum Gasteiger partial charge on any atom is -0.370 e. The predicted octanol–water partition coefficient (Wildman–Crippen LogP) is 0.0330. The number of hydrogen-bond acceptors (Lipinski definition) is 8. The molecule has 0 saturated carbocycles. The third kappa shape index (κ3) is 4.19. The van der Waals surface area contributed by atoms with E-state index in [9.17, 15) is 13.2 Å². The highest BCUT2D eigenvalue weighted by Gasteiger charge is 2.47. The molecule has 1 aromatic rings. The molecule has 1 spiro atoms. The van der Waals surface area contributed by atoms with Crippen LogP contribution in [0.25, 0.3) is 0 Å². The van der Waals surface area contributed by atoms with E-state index in [2.05, 4.69) is 15.2 Å². The number of carbonyl (C=O) groups excluding carboxylic acids is 1. The van der Waals surface area contributed by atoms with Gasteiger partial charge in [0.2, 0.25) is 5.91 Å². The highest BCUT2D eigenvalue weighted by atomic mass is 32.2. The predicted molar refractivity (Wildman–Crippen MR) is 100 cm³/mol. The number of aryl methyl sites for hydroxylation is 2. The molecule has 0 bridgehead atoms. The Bertz CT molecular complexity index is 828. The SMILES string of the molecule is Cc1nc(C)c(CN2CCO[C@@]3(CO[C@H](C(=O)NC4CS(=O)(=O)C4)C3)C2)s1. The van der Waals surface area contributed by atoms with Crippen molar-refractivity contribution in [2.45, 2.75) is 44.6 Å². The number of aromatic nitrogens is 1. The first-order chi connectivity index (χ1) is 12.7. The van der Waals surface area contributed by atoms with Gasteiger partial charge in [0.1, 0.15) is 11.7 Å². The van der Waals surface area contributed by atoms with Crippen molar-refractivity contribution < 1.29 is 22.7 Å². The topological polar surface area (TPSA) is 97.8 Å². The van der Waals surface area contributed by atoms with Gasteiger partial charge in [-0.3, -0.25) is 9.69 Å². The highest BCUT2D eigenvalue weighted by molar-refractivity contribution is 7.92. The fourth-order valence-electron chi connectivity index (χ4n) is 4.01. The molecule has 0 unspecified atom stereocenters. The van der Waals surface area contributed by atoms with Crippen LogP contribution in [-0.4, -0.2) is 79.8 Å². The Morgan fingerprint density at radius 3 is 2.85 bits per heavy atom. The Balaban J connectivity index is 1.33. The van der Waals surface area contributed by atoms with Crippen molar-refractivity contribution in [3.05, 3.63) is 15.6 Å². The number of hydrogen-bond donors (Lipinski definition) is 1. The zero-order chi connectivity index (χ0) is 19.2. The lowest BCUT2D eigenvalue weighted by molar-refractivity contribution is -0.130. The van der Waals surface area contributed by atoms with E-state index < -0.39 is 21.5 Å². The van der Waals surface area contributed by atoms with E-state index in [4.69, 9.17) is 9.47 Å². The molecule has 3 fully saturated rings. The molecular weight excluding hydrogens is 390 g/mol. The first kappa shape index (κ1) is 19.3. The molecule has 4 heterocycles. The molecule has 1 N–H and O–H groups in total. The van der Waals surface area contributed by atoms with Gasteiger partial charge in [-0.1, -0.05) is 0 Å². The summed E-state index contributed by atoms with van der Waals surface area (Å²) in [6, 6.07) is -0.288. The number of morpholine rings is 1. The van der Waals surface area contributed by atoms with E-state index >= 15 is 0 Å². The Kier molecular flexibility index (Phi) is 5.04. The second-order valence-electron chi connectivity index (χ2n) is 7.77. The second kappa shape index (κ2) is 7.07. The van der Waals surface area contributed by atoms with Gasteiger partial charge in [-0.25, -0.2) is 13.4 Å². The van der Waals surface area contributed by atoms with Gasteiger partial charge in [-0.2, -0.15) is 0 Å². The first-order valence-corrected chi connectivity index (χ1v) is 11.8. The Morgan fingerprint density at radius 1 is 1.41 bits per heavy atom. The Hall–Kier alpha value is -1.07. The van der Waals surface area contributed by atoms with E-state index in [1.165, 1.54) is 4.88 Å². The third-order valence-corrected chi connectivity index (χ3v) is 8.23. The Labute approximate surface area is 163 Å². The van der Waals surface area contributed by atoms with Gasteiger partial charge in [0.15, 0.2) is 9.84 Å². The quantitative estimate of drug-likeness (QED) is 0.741. The molecule has 3 aliphatic rings. The number of thiazole rings is 1. The fraction of sp³-hybridized carbons (Fsp3) is 0.765. The fourth-order valence-corrected chi connectivity index (χ4v) is 6.29. The van der Waals surface area contributed by atoms with Gasteiger partial charge in [0.05, 0.1) is 41.5 Å². The molecule has 4 rings (SSSR count). The minimum atomic E-state index is -2.96. The minimum absolute atomic E-state index is 0.0223. The number of nitrogens with zero attached hydrogens (tertiary/aromatic N) is 2. The molecule has 3 saturated heterocycles. The highest BCUT2D eigenvalue weighted by Crippen LogP contribution is 2.33. The zero-order valence-electron chi connectivity index (χ0n) is 15.6. The van der Waals surface area contributed by atoms with E-state index in [1.54, 1.807) is 11.3 Å². The summed E-state index contributed by atoms with van der Waals surface area (Å²) in [5, 5.41) is 3.85. The van der Waals surface area contributed by atoms with Gasteiger partial charge >= 0.3 is 0 Å². The first-order valence-electron chi connectivity index (χ1n) is 9.15. The maximum atomic E-state index is 12.4. The van der Waals surface area contributed by atoms with Crippen molar-refractivity contribution in [1.29, 1.82) is 0 Å². The van der Waals surface area contributed by atoms with Crippen molar-refractivity contribution in [3.63, 3.8) is 0 Å². The van der Waals surface area contributed by atoms with E-state index in [-0.39, 0.29) is 23.5 Å². The lowest BCUT2D eigenvalue weighted by Crippen LogP contribution is -2.55. The number of rotatable bonds is 4. The molecule has 0 aliphatic carbocycles. The summed E-state index contributed by atoms with van der Waals surface area (Å²) in [6.07, 6.45) is -0.0872. The largest absolute Gasteiger partial charge is 0.370 e. The average Bonchev–Trinajstić information content (AvgIpc) is 3.09. The molecule has 0 radical (unpaired) electrons. The lowest BCUT2D eigenvalue weighted by atomic mass is 9.97. The number of ether oxygens (including phenoxy) is 2. The van der Waals surface area contributed by atoms with Crippen molar-refractivity contribution in [1.82, 2.24) is 15.2 Å². The molecule has 27 heavy (non-hydrogen) atoms. The van der Waals surface area contributed by atoms with Crippen LogP contribution in [0.3, 0.4) is 0 Å². The summed E-state index contributed by atoms with van der Waals surface area (Å²) < 4.78 is 34.3. The van der Waals surface area contributed by atoms with Crippen molar-refractivity contribution in [3.8, 4) is 0 Å². The van der Waals surface area contributed by atoms with Crippen LogP contribution >= 0.6 is 11.3 Å². The lowest BCUT2D eigenvalue weighted by Gasteiger charge is -2.39. The third-order valence-electron chi connectivity index (χ3n) is 5.35. The van der Waals surface area contributed by atoms with Gasteiger partial charge in [-0.15, -0.1) is 11.3 Å². The van der Waals surface area contributed by atoms with Crippen LogP contribution in [0, 0.1) is 13.8 Å². The van der Waals surface area contributed by atoms with Crippen LogP contribution in [0.2, 0.25) is 0 Å². The molecule has 1 amide bonds. The number of amides is 1. The maximum absolute atomic E-state index is 12.4. The number of carbonyl (C=O) groups is 1. The molecule has 10 heteroatoms. The summed E-state index contributed by atoms with van der Waals surface area (Å²) in [4.78, 5) is 20.5. The summed E-state index contributed by atoms with van der Waals surface area (Å²) in [5.74, 6) is -0.190. The molecule has 150 valence electrons. The van der Waals surface area contributed by atoms with Crippen molar-refractivity contribution in [2.24, 2.45) is 0 Å².